The SMILES string of the molecule is [CH]P(C(=NCC)[S][Ge]([c]1c(C(C)C)cc(C(C)C)cc1C(C)C)[C](C)(C)C)c1c(C(C)(C)C)cc(C(C)(C)C)cc1C(C)(C)C. The zero-order chi connectivity index (χ0) is 35.0. The first kappa shape index (κ1) is 40.6. The van der Waals surface area contributed by atoms with Crippen molar-refractivity contribution in [3.8, 4) is 0 Å². The average molecular weight is 710 g/mol. The third-order valence-electron chi connectivity index (χ3n) is 8.57. The molecule has 0 saturated carbocycles. The van der Waals surface area contributed by atoms with E-state index in [1.807, 2.05) is 0 Å². The Kier molecular flexibility index (Phi) is 13.5. The molecular formula is C41H67GeNPS. The molecule has 4 heteroatoms. The molecular weight excluding hydrogens is 642 g/mol. The summed E-state index contributed by atoms with van der Waals surface area (Å²) < 4.78 is 1.84. The summed E-state index contributed by atoms with van der Waals surface area (Å²) in [5.41, 5.74) is 8.73. The minimum atomic E-state index is -2.11. The predicted octanol–water partition coefficient (Wildman–Crippen LogP) is 12.5. The number of hydrogen-bond donors (Lipinski definition) is 0. The van der Waals surface area contributed by atoms with Crippen LogP contribution in [0.4, 0.5) is 0 Å². The molecule has 0 aliphatic heterocycles. The van der Waals surface area contributed by atoms with E-state index in [1.165, 1.54) is 32.3 Å². The monoisotopic (exact) mass is 710 g/mol. The van der Waals surface area contributed by atoms with E-state index in [-0.39, 0.29) is 20.5 Å². The number of hydrogen-bond acceptors (Lipinski definition) is 2. The molecule has 2 aromatic rings. The van der Waals surface area contributed by atoms with Crippen molar-refractivity contribution in [1.29, 1.82) is 0 Å². The van der Waals surface area contributed by atoms with Crippen LogP contribution in [0.2, 0.25) is 4.25 Å². The Morgan fingerprint density at radius 3 is 1.42 bits per heavy atom. The van der Waals surface area contributed by atoms with Crippen molar-refractivity contribution < 1.29 is 0 Å². The molecule has 0 aliphatic rings. The van der Waals surface area contributed by atoms with E-state index in [9.17, 15) is 0 Å². The molecule has 0 fully saturated rings. The normalized spacial score (nSPS) is 14.8. The third-order valence-corrected chi connectivity index (χ3v) is 24.3. The molecule has 0 aliphatic carbocycles. The summed E-state index contributed by atoms with van der Waals surface area (Å²) in [5.74, 6) is 1.45. The second-order valence-corrected chi connectivity index (χ2v) is 29.5. The van der Waals surface area contributed by atoms with Crippen LogP contribution in [0.3, 0.4) is 0 Å². The van der Waals surface area contributed by atoms with Gasteiger partial charge in [-0.1, -0.05) is 0 Å². The standard InChI is InChI=1S/C41H67GeNPS/c1-21-43-37(44(20)36-33(39(11,12)13)24-30(38(8,9)10)25-34(36)40(14,15)16)45-42(41(17,18)19)35-31(27(4)5)22-29(26(2)3)23-32(35)28(6)7/h20,22-28H,21H2,1-19H3. The van der Waals surface area contributed by atoms with E-state index >= 15 is 0 Å². The molecule has 251 valence electrons. The van der Waals surface area contributed by atoms with Crippen LogP contribution in [0.15, 0.2) is 29.3 Å². The summed E-state index contributed by atoms with van der Waals surface area (Å²) >= 11 is -2.11. The van der Waals surface area contributed by atoms with Gasteiger partial charge in [0, 0.05) is 0 Å². The second kappa shape index (κ2) is 14.9. The number of nitrogens with zero attached hydrogens (tertiary/aromatic N) is 1. The summed E-state index contributed by atoms with van der Waals surface area (Å²) in [7, 11) is 0.978. The van der Waals surface area contributed by atoms with Gasteiger partial charge in [0.15, 0.2) is 0 Å². The van der Waals surface area contributed by atoms with Crippen LogP contribution in [0.1, 0.15) is 183 Å². The van der Waals surface area contributed by atoms with Gasteiger partial charge in [-0.3, -0.25) is 0 Å². The molecule has 1 unspecified atom stereocenters. The first-order chi connectivity index (χ1) is 20.2. The Morgan fingerprint density at radius 1 is 0.711 bits per heavy atom. The molecule has 0 spiro atoms. The fraction of sp³-hybridized carbons (Fsp3) is 0.659. The molecule has 1 nitrogen and oxygen atoms in total. The molecule has 0 bridgehead atoms. The second-order valence-electron chi connectivity index (χ2n) is 18.0. The van der Waals surface area contributed by atoms with Crippen molar-refractivity contribution in [2.75, 3.05) is 6.54 Å². The Labute approximate surface area is 289 Å². The average Bonchev–Trinajstić information content (AvgIpc) is 2.86. The summed E-state index contributed by atoms with van der Waals surface area (Å²) in [5, 5.41) is 1.35. The summed E-state index contributed by atoms with van der Waals surface area (Å²) in [6.07, 6.45) is 0. The molecule has 0 aromatic heterocycles. The van der Waals surface area contributed by atoms with Crippen molar-refractivity contribution in [1.82, 2.24) is 0 Å². The van der Waals surface area contributed by atoms with E-state index < -0.39 is 21.1 Å². The topological polar surface area (TPSA) is 12.4 Å². The summed E-state index contributed by atoms with van der Waals surface area (Å²) in [4.78, 5) is 6.51. The van der Waals surface area contributed by atoms with Crippen LogP contribution in [0.5, 0.6) is 0 Å². The quantitative estimate of drug-likeness (QED) is 0.115. The fourth-order valence-corrected chi connectivity index (χ4v) is 21.8. The van der Waals surface area contributed by atoms with Gasteiger partial charge in [0.05, 0.1) is 0 Å². The van der Waals surface area contributed by atoms with Gasteiger partial charge in [0.1, 0.15) is 0 Å². The van der Waals surface area contributed by atoms with Gasteiger partial charge in [-0.15, -0.1) is 0 Å². The van der Waals surface area contributed by atoms with Crippen LogP contribution in [0.25, 0.3) is 0 Å². The zero-order valence-corrected chi connectivity index (χ0v) is 36.4. The van der Waals surface area contributed by atoms with Gasteiger partial charge in [-0.2, -0.15) is 0 Å². The van der Waals surface area contributed by atoms with E-state index in [2.05, 4.69) is 166 Å². The Morgan fingerprint density at radius 2 is 1.13 bits per heavy atom. The molecule has 3 radical (unpaired) electrons. The van der Waals surface area contributed by atoms with E-state index in [1.54, 1.807) is 15.5 Å². The summed E-state index contributed by atoms with van der Waals surface area (Å²) in [6.45, 7) is 53.3. The maximum atomic E-state index is 7.65. The molecule has 0 N–H and O–H groups in total. The number of rotatable bonds is 8. The van der Waals surface area contributed by atoms with Crippen LogP contribution in [-0.4, -0.2) is 24.5 Å². The molecule has 2 rings (SSSR count). The summed E-state index contributed by atoms with van der Waals surface area (Å²) in [6, 6.07) is 10.0. The molecule has 0 saturated heterocycles. The van der Waals surface area contributed by atoms with Crippen LogP contribution < -0.4 is 9.70 Å². The van der Waals surface area contributed by atoms with Gasteiger partial charge in [-0.25, -0.2) is 0 Å². The Hall–Kier alpha value is -0.567. The molecule has 0 heterocycles. The van der Waals surface area contributed by atoms with Gasteiger partial charge in [0.25, 0.3) is 0 Å². The van der Waals surface area contributed by atoms with Gasteiger partial charge in [-0.05, 0) is 0 Å². The minimum absolute atomic E-state index is 0.0377. The third kappa shape index (κ3) is 9.98. The fourth-order valence-electron chi connectivity index (χ4n) is 5.75. The van der Waals surface area contributed by atoms with Crippen LogP contribution in [-0.2, 0) is 16.2 Å². The molecule has 45 heavy (non-hydrogen) atoms. The Bertz CT molecular complexity index is 1280. The predicted molar refractivity (Wildman–Crippen MR) is 213 cm³/mol. The van der Waals surface area contributed by atoms with E-state index in [4.69, 9.17) is 11.7 Å². The van der Waals surface area contributed by atoms with Crippen molar-refractivity contribution in [2.24, 2.45) is 4.99 Å². The van der Waals surface area contributed by atoms with Crippen molar-refractivity contribution in [3.05, 3.63) is 64.3 Å². The Balaban J connectivity index is 2.99. The first-order valence-electron chi connectivity index (χ1n) is 17.3. The van der Waals surface area contributed by atoms with Gasteiger partial charge in [0.2, 0.25) is 0 Å². The van der Waals surface area contributed by atoms with Gasteiger partial charge >= 0.3 is 291 Å². The van der Waals surface area contributed by atoms with E-state index in [0.29, 0.717) is 17.8 Å². The number of benzene rings is 2. The van der Waals surface area contributed by atoms with Crippen molar-refractivity contribution in [3.63, 3.8) is 0 Å². The first-order valence-corrected chi connectivity index (χ1v) is 24.1. The van der Waals surface area contributed by atoms with Crippen LogP contribution in [0, 0.1) is 6.66 Å². The van der Waals surface area contributed by atoms with Crippen LogP contribution >= 0.6 is 18.0 Å². The van der Waals surface area contributed by atoms with Gasteiger partial charge < -0.3 is 0 Å². The van der Waals surface area contributed by atoms with Crippen molar-refractivity contribution >= 4 is 45.7 Å². The number of aliphatic imine (C=N–C) groups is 1. The molecule has 1 atom stereocenters. The maximum absolute atomic E-state index is 7.65. The van der Waals surface area contributed by atoms with Crippen molar-refractivity contribution in [2.45, 2.75) is 170 Å². The molecule has 0 amide bonds. The molecule has 2 aromatic carbocycles. The zero-order valence-electron chi connectivity index (χ0n) is 32.6. The van der Waals surface area contributed by atoms with E-state index in [0.717, 1.165) is 6.54 Å².